The topological polar surface area (TPSA) is 16.1 Å². The minimum Gasteiger partial charge on any atom is -0.306 e. The van der Waals surface area contributed by atoms with Gasteiger partial charge in [0, 0.05) is 18.1 Å². The SMILES string of the molecule is Cc1cnc2c([C@@H]3CCCN(C)C3)cccc2c1. The van der Waals surface area contributed by atoms with Gasteiger partial charge >= 0.3 is 0 Å². The van der Waals surface area contributed by atoms with Crippen molar-refractivity contribution in [2.24, 2.45) is 0 Å². The fourth-order valence-corrected chi connectivity index (χ4v) is 3.04. The van der Waals surface area contributed by atoms with Crippen molar-refractivity contribution in [3.8, 4) is 0 Å². The average molecular weight is 240 g/mol. The van der Waals surface area contributed by atoms with Crippen LogP contribution in [0.4, 0.5) is 0 Å². The van der Waals surface area contributed by atoms with Gasteiger partial charge in [0.2, 0.25) is 0 Å². The molecule has 2 heterocycles. The highest BCUT2D eigenvalue weighted by atomic mass is 15.1. The normalized spacial score (nSPS) is 21.3. The number of likely N-dealkylation sites (tertiary alicyclic amines) is 1. The highest BCUT2D eigenvalue weighted by molar-refractivity contribution is 5.82. The number of hydrogen-bond acceptors (Lipinski definition) is 2. The van der Waals surface area contributed by atoms with Crippen LogP contribution < -0.4 is 0 Å². The number of aryl methyl sites for hydroxylation is 1. The molecule has 0 spiro atoms. The van der Waals surface area contributed by atoms with Crippen LogP contribution in [0.2, 0.25) is 0 Å². The van der Waals surface area contributed by atoms with E-state index in [0.717, 1.165) is 6.54 Å². The molecule has 3 rings (SSSR count). The Morgan fingerprint density at radius 1 is 1.33 bits per heavy atom. The smallest absolute Gasteiger partial charge is 0.0737 e. The molecule has 0 N–H and O–H groups in total. The van der Waals surface area contributed by atoms with E-state index in [9.17, 15) is 0 Å². The highest BCUT2D eigenvalue weighted by Crippen LogP contribution is 2.30. The van der Waals surface area contributed by atoms with E-state index in [2.05, 4.69) is 48.1 Å². The van der Waals surface area contributed by atoms with Crippen molar-refractivity contribution in [2.45, 2.75) is 25.7 Å². The van der Waals surface area contributed by atoms with Crippen molar-refractivity contribution in [3.05, 3.63) is 41.6 Å². The van der Waals surface area contributed by atoms with Gasteiger partial charge in [0.05, 0.1) is 5.52 Å². The molecule has 1 aromatic carbocycles. The molecule has 2 aromatic rings. The Labute approximate surface area is 109 Å². The van der Waals surface area contributed by atoms with Crippen LogP contribution in [0.1, 0.15) is 29.9 Å². The third-order valence-corrected chi connectivity index (χ3v) is 3.94. The van der Waals surface area contributed by atoms with Crippen molar-refractivity contribution < 1.29 is 0 Å². The van der Waals surface area contributed by atoms with E-state index in [-0.39, 0.29) is 0 Å². The zero-order valence-corrected chi connectivity index (χ0v) is 11.2. The largest absolute Gasteiger partial charge is 0.306 e. The van der Waals surface area contributed by atoms with Crippen LogP contribution in [0.15, 0.2) is 30.5 Å². The van der Waals surface area contributed by atoms with Gasteiger partial charge in [-0.1, -0.05) is 18.2 Å². The van der Waals surface area contributed by atoms with Crippen LogP contribution in [0.5, 0.6) is 0 Å². The summed E-state index contributed by atoms with van der Waals surface area (Å²) in [4.78, 5) is 7.09. The van der Waals surface area contributed by atoms with E-state index in [1.807, 2.05) is 6.20 Å². The van der Waals surface area contributed by atoms with Crippen LogP contribution in [0, 0.1) is 6.92 Å². The minimum absolute atomic E-state index is 0.641. The fourth-order valence-electron chi connectivity index (χ4n) is 3.04. The first-order chi connectivity index (χ1) is 8.74. The van der Waals surface area contributed by atoms with Gasteiger partial charge in [-0.2, -0.15) is 0 Å². The monoisotopic (exact) mass is 240 g/mol. The van der Waals surface area contributed by atoms with Crippen molar-refractivity contribution >= 4 is 10.9 Å². The predicted octanol–water partition coefficient (Wildman–Crippen LogP) is 3.35. The number of pyridine rings is 1. The van der Waals surface area contributed by atoms with Crippen LogP contribution in [0.3, 0.4) is 0 Å². The van der Waals surface area contributed by atoms with Gasteiger partial charge in [0.1, 0.15) is 0 Å². The van der Waals surface area contributed by atoms with Crippen LogP contribution in [0.25, 0.3) is 10.9 Å². The Morgan fingerprint density at radius 3 is 3.06 bits per heavy atom. The van der Waals surface area contributed by atoms with Gasteiger partial charge in [-0.3, -0.25) is 4.98 Å². The van der Waals surface area contributed by atoms with Crippen LogP contribution in [-0.4, -0.2) is 30.0 Å². The first-order valence-electron chi connectivity index (χ1n) is 6.78. The number of piperidine rings is 1. The molecule has 1 saturated heterocycles. The summed E-state index contributed by atoms with van der Waals surface area (Å²) in [5, 5.41) is 1.28. The van der Waals surface area contributed by atoms with Gasteiger partial charge in [-0.15, -0.1) is 0 Å². The lowest BCUT2D eigenvalue weighted by Gasteiger charge is -2.30. The van der Waals surface area contributed by atoms with E-state index in [1.54, 1.807) is 0 Å². The number of aromatic nitrogens is 1. The molecule has 0 aliphatic carbocycles. The summed E-state index contributed by atoms with van der Waals surface area (Å²) in [6.07, 6.45) is 4.57. The molecule has 1 atom stereocenters. The van der Waals surface area contributed by atoms with E-state index in [0.29, 0.717) is 5.92 Å². The van der Waals surface area contributed by atoms with E-state index in [1.165, 1.54) is 41.4 Å². The van der Waals surface area contributed by atoms with E-state index < -0.39 is 0 Å². The second kappa shape index (κ2) is 4.69. The number of para-hydroxylation sites is 1. The molecule has 1 aromatic heterocycles. The molecular weight excluding hydrogens is 220 g/mol. The number of benzene rings is 1. The van der Waals surface area contributed by atoms with Gasteiger partial charge in [0.25, 0.3) is 0 Å². The zero-order chi connectivity index (χ0) is 12.5. The second-order valence-electron chi connectivity index (χ2n) is 5.53. The molecule has 1 aliphatic heterocycles. The maximum atomic E-state index is 4.66. The molecule has 94 valence electrons. The molecule has 0 saturated carbocycles. The number of nitrogens with zero attached hydrogens (tertiary/aromatic N) is 2. The van der Waals surface area contributed by atoms with Crippen molar-refractivity contribution in [1.82, 2.24) is 9.88 Å². The van der Waals surface area contributed by atoms with Crippen molar-refractivity contribution in [3.63, 3.8) is 0 Å². The molecule has 0 unspecified atom stereocenters. The molecule has 0 radical (unpaired) electrons. The third kappa shape index (κ3) is 2.13. The molecule has 0 amide bonds. The van der Waals surface area contributed by atoms with E-state index >= 15 is 0 Å². The average Bonchev–Trinajstić information content (AvgIpc) is 2.37. The van der Waals surface area contributed by atoms with Crippen molar-refractivity contribution in [2.75, 3.05) is 20.1 Å². The Hall–Kier alpha value is -1.41. The van der Waals surface area contributed by atoms with Gasteiger partial charge in [0.15, 0.2) is 0 Å². The summed E-state index contributed by atoms with van der Waals surface area (Å²) < 4.78 is 0. The summed E-state index contributed by atoms with van der Waals surface area (Å²) in [7, 11) is 2.22. The second-order valence-corrected chi connectivity index (χ2v) is 5.53. The predicted molar refractivity (Wildman–Crippen MR) is 76.0 cm³/mol. The molecule has 2 heteroatoms. The first kappa shape index (κ1) is 11.7. The molecule has 1 aliphatic rings. The maximum absolute atomic E-state index is 4.66. The van der Waals surface area contributed by atoms with Crippen LogP contribution in [-0.2, 0) is 0 Å². The number of rotatable bonds is 1. The lowest BCUT2D eigenvalue weighted by molar-refractivity contribution is 0.251. The van der Waals surface area contributed by atoms with Gasteiger partial charge < -0.3 is 4.90 Å². The third-order valence-electron chi connectivity index (χ3n) is 3.94. The zero-order valence-electron chi connectivity index (χ0n) is 11.2. The molecule has 18 heavy (non-hydrogen) atoms. The van der Waals surface area contributed by atoms with Gasteiger partial charge in [-0.05, 0) is 56.5 Å². The summed E-state index contributed by atoms with van der Waals surface area (Å²) in [6, 6.07) is 8.84. The number of likely N-dealkylation sites (N-methyl/N-ethyl adjacent to an activating group) is 1. The van der Waals surface area contributed by atoms with E-state index in [4.69, 9.17) is 0 Å². The highest BCUT2D eigenvalue weighted by Gasteiger charge is 2.20. The summed E-state index contributed by atoms with van der Waals surface area (Å²) in [5.74, 6) is 0.641. The lowest BCUT2D eigenvalue weighted by atomic mass is 9.89. The Kier molecular flexibility index (Phi) is 3.04. The Balaban J connectivity index is 2.05. The Morgan fingerprint density at radius 2 is 2.22 bits per heavy atom. The maximum Gasteiger partial charge on any atom is 0.0737 e. The minimum atomic E-state index is 0.641. The lowest BCUT2D eigenvalue weighted by Crippen LogP contribution is -2.30. The fraction of sp³-hybridized carbons (Fsp3) is 0.438. The number of hydrogen-bond donors (Lipinski definition) is 0. The molecular formula is C16H20N2. The quantitative estimate of drug-likeness (QED) is 0.760. The molecule has 1 fully saturated rings. The Bertz CT molecular complexity index is 562. The summed E-state index contributed by atoms with van der Waals surface area (Å²) in [5.41, 5.74) is 3.86. The molecule has 2 nitrogen and oxygen atoms in total. The van der Waals surface area contributed by atoms with Crippen LogP contribution >= 0.6 is 0 Å². The summed E-state index contributed by atoms with van der Waals surface area (Å²) in [6.45, 7) is 4.50. The van der Waals surface area contributed by atoms with Gasteiger partial charge in [-0.25, -0.2) is 0 Å². The first-order valence-corrected chi connectivity index (χ1v) is 6.78. The standard InChI is InChI=1S/C16H20N2/c1-12-9-13-5-3-7-15(16(13)17-10-12)14-6-4-8-18(2)11-14/h3,5,7,9-10,14H,4,6,8,11H2,1-2H3/t14-/m1/s1. The number of fused-ring (bicyclic) bond motifs is 1. The van der Waals surface area contributed by atoms with Crippen molar-refractivity contribution in [1.29, 1.82) is 0 Å². The summed E-state index contributed by atoms with van der Waals surface area (Å²) >= 11 is 0. The molecule has 0 bridgehead atoms.